The molecule has 0 amide bonds. The molecular weight excluding hydrogens is 298 g/mol. The first-order valence-corrected chi connectivity index (χ1v) is 9.38. The molecule has 2 aliphatic heterocycles. The quantitative estimate of drug-likeness (QED) is 0.839. The van der Waals surface area contributed by atoms with E-state index in [1.165, 1.54) is 0 Å². The molecule has 0 aromatic heterocycles. The van der Waals surface area contributed by atoms with Gasteiger partial charge < -0.3 is 0 Å². The fourth-order valence-electron chi connectivity index (χ4n) is 3.20. The number of hydrogen-bond donors (Lipinski definition) is 0. The van der Waals surface area contributed by atoms with Crippen molar-refractivity contribution >= 4 is 15.1 Å². The first kappa shape index (κ1) is 15.5. The molecule has 1 fully saturated rings. The maximum atomic E-state index is 13.0. The second kappa shape index (κ2) is 6.38. The minimum Gasteiger partial charge on any atom is -0.298 e. The lowest BCUT2D eigenvalue weighted by atomic mass is 10.0. The average molecular weight is 321 g/mol. The average Bonchev–Trinajstić information content (AvgIpc) is 2.74. The standard InChI is InChI=1S/C16H23N3O2S/c1-18-13-15(14-9-5-4-6-10-14)16(17-18)22(20,21)19-11-7-2-3-8-12-19/h4-6,9-10,15H,2-3,7-8,11-13H2,1H3. The second-order valence-corrected chi connectivity index (χ2v) is 7.94. The normalized spacial score (nSPS) is 24.1. The second-order valence-electron chi connectivity index (χ2n) is 6.06. The van der Waals surface area contributed by atoms with Crippen molar-refractivity contribution in [2.45, 2.75) is 31.6 Å². The third kappa shape index (κ3) is 3.03. The van der Waals surface area contributed by atoms with Gasteiger partial charge >= 0.3 is 0 Å². The van der Waals surface area contributed by atoms with Crippen LogP contribution in [0.5, 0.6) is 0 Å². The Morgan fingerprint density at radius 3 is 2.32 bits per heavy atom. The zero-order valence-corrected chi connectivity index (χ0v) is 13.8. The van der Waals surface area contributed by atoms with Crippen LogP contribution in [0.15, 0.2) is 35.4 Å². The van der Waals surface area contributed by atoms with Crippen LogP contribution in [-0.4, -0.2) is 49.5 Å². The SMILES string of the molecule is CN1CC(c2ccccc2)C(S(=O)(=O)N2CCCCCC2)=N1. The third-order valence-corrected chi connectivity index (χ3v) is 6.33. The lowest BCUT2D eigenvalue weighted by Crippen LogP contribution is -2.38. The van der Waals surface area contributed by atoms with Gasteiger partial charge in [0, 0.05) is 26.7 Å². The van der Waals surface area contributed by atoms with Gasteiger partial charge in [-0.05, 0) is 18.4 Å². The van der Waals surface area contributed by atoms with E-state index < -0.39 is 10.0 Å². The molecule has 0 N–H and O–H groups in total. The van der Waals surface area contributed by atoms with Crippen LogP contribution in [0, 0.1) is 0 Å². The Hall–Kier alpha value is -1.40. The fraction of sp³-hybridized carbons (Fsp3) is 0.562. The van der Waals surface area contributed by atoms with Gasteiger partial charge in [0.05, 0.1) is 5.92 Å². The summed E-state index contributed by atoms with van der Waals surface area (Å²) in [7, 11) is -1.64. The molecule has 1 aromatic rings. The van der Waals surface area contributed by atoms with E-state index in [4.69, 9.17) is 0 Å². The molecule has 1 aromatic carbocycles. The van der Waals surface area contributed by atoms with Crippen LogP contribution >= 0.6 is 0 Å². The Morgan fingerprint density at radius 1 is 1.05 bits per heavy atom. The van der Waals surface area contributed by atoms with Gasteiger partial charge in [-0.15, -0.1) is 0 Å². The first-order chi connectivity index (χ1) is 10.6. The predicted molar refractivity (Wildman–Crippen MR) is 88.2 cm³/mol. The summed E-state index contributed by atoms with van der Waals surface area (Å²) in [4.78, 5) is 0. The molecule has 2 heterocycles. The van der Waals surface area contributed by atoms with Crippen molar-refractivity contribution in [2.24, 2.45) is 5.10 Å². The van der Waals surface area contributed by atoms with E-state index in [-0.39, 0.29) is 5.92 Å². The van der Waals surface area contributed by atoms with Crippen LogP contribution in [0.3, 0.4) is 0 Å². The minimum absolute atomic E-state index is 0.167. The Labute approximate surface area is 132 Å². The topological polar surface area (TPSA) is 53.0 Å². The molecule has 1 saturated heterocycles. The number of hydrazone groups is 1. The fourth-order valence-corrected chi connectivity index (χ4v) is 5.02. The van der Waals surface area contributed by atoms with Crippen LogP contribution in [0.2, 0.25) is 0 Å². The molecule has 0 bridgehead atoms. The lowest BCUT2D eigenvalue weighted by Gasteiger charge is -2.22. The van der Waals surface area contributed by atoms with Gasteiger partial charge in [0.1, 0.15) is 0 Å². The van der Waals surface area contributed by atoms with Crippen molar-refractivity contribution in [1.29, 1.82) is 0 Å². The molecule has 0 aliphatic carbocycles. The van der Waals surface area contributed by atoms with Gasteiger partial charge in [-0.1, -0.05) is 43.2 Å². The van der Waals surface area contributed by atoms with Crippen molar-refractivity contribution in [1.82, 2.24) is 9.31 Å². The van der Waals surface area contributed by atoms with Crippen molar-refractivity contribution in [3.05, 3.63) is 35.9 Å². The zero-order valence-electron chi connectivity index (χ0n) is 13.0. The number of rotatable bonds is 2. The molecule has 2 aliphatic rings. The summed E-state index contributed by atoms with van der Waals surface area (Å²) in [5.74, 6) is -0.167. The summed E-state index contributed by atoms with van der Waals surface area (Å²) in [6, 6.07) is 9.81. The van der Waals surface area contributed by atoms with Crippen LogP contribution < -0.4 is 0 Å². The number of hydrogen-bond acceptors (Lipinski definition) is 4. The van der Waals surface area contributed by atoms with Crippen molar-refractivity contribution in [2.75, 3.05) is 26.7 Å². The van der Waals surface area contributed by atoms with E-state index in [0.717, 1.165) is 31.2 Å². The van der Waals surface area contributed by atoms with Crippen LogP contribution in [0.4, 0.5) is 0 Å². The molecule has 0 spiro atoms. The lowest BCUT2D eigenvalue weighted by molar-refractivity contribution is 0.381. The van der Waals surface area contributed by atoms with Gasteiger partial charge in [0.25, 0.3) is 10.0 Å². The largest absolute Gasteiger partial charge is 0.298 e. The summed E-state index contributed by atoms with van der Waals surface area (Å²) in [5, 5.41) is 6.39. The summed E-state index contributed by atoms with van der Waals surface area (Å²) < 4.78 is 27.7. The highest BCUT2D eigenvalue weighted by Gasteiger charge is 2.39. The van der Waals surface area contributed by atoms with E-state index in [1.54, 1.807) is 9.31 Å². The Kier molecular flexibility index (Phi) is 4.49. The number of benzene rings is 1. The highest BCUT2D eigenvalue weighted by atomic mass is 32.2. The molecule has 22 heavy (non-hydrogen) atoms. The third-order valence-electron chi connectivity index (χ3n) is 4.39. The summed E-state index contributed by atoms with van der Waals surface area (Å²) in [6.45, 7) is 1.85. The first-order valence-electron chi connectivity index (χ1n) is 7.94. The summed E-state index contributed by atoms with van der Waals surface area (Å²) >= 11 is 0. The van der Waals surface area contributed by atoms with E-state index in [2.05, 4.69) is 5.10 Å². The molecule has 5 nitrogen and oxygen atoms in total. The molecule has 120 valence electrons. The maximum absolute atomic E-state index is 13.0. The smallest absolute Gasteiger partial charge is 0.259 e. The minimum atomic E-state index is -3.47. The molecule has 0 saturated carbocycles. The predicted octanol–water partition coefficient (Wildman–Crippen LogP) is 2.23. The van der Waals surface area contributed by atoms with E-state index >= 15 is 0 Å². The van der Waals surface area contributed by atoms with Crippen molar-refractivity contribution < 1.29 is 8.42 Å². The zero-order chi connectivity index (χ0) is 15.6. The number of likely N-dealkylation sites (N-methyl/N-ethyl adjacent to an activating group) is 1. The number of sulfonamides is 1. The van der Waals surface area contributed by atoms with Crippen LogP contribution in [-0.2, 0) is 10.0 Å². The van der Waals surface area contributed by atoms with E-state index in [9.17, 15) is 8.42 Å². The summed E-state index contributed by atoms with van der Waals surface area (Å²) in [6.07, 6.45) is 4.11. The highest BCUT2D eigenvalue weighted by Crippen LogP contribution is 2.29. The Balaban J connectivity index is 1.91. The summed E-state index contributed by atoms with van der Waals surface area (Å²) in [5.41, 5.74) is 1.02. The van der Waals surface area contributed by atoms with Gasteiger partial charge in [-0.2, -0.15) is 9.41 Å². The van der Waals surface area contributed by atoms with Crippen LogP contribution in [0.1, 0.15) is 37.2 Å². The Morgan fingerprint density at radius 2 is 1.68 bits per heavy atom. The van der Waals surface area contributed by atoms with Gasteiger partial charge in [-0.25, -0.2) is 8.42 Å². The van der Waals surface area contributed by atoms with Gasteiger partial charge in [-0.3, -0.25) is 5.01 Å². The molecule has 6 heteroatoms. The Bertz CT molecular complexity index is 635. The molecule has 1 unspecified atom stereocenters. The maximum Gasteiger partial charge on any atom is 0.259 e. The monoisotopic (exact) mass is 321 g/mol. The van der Waals surface area contributed by atoms with Crippen molar-refractivity contribution in [3.8, 4) is 0 Å². The molecule has 0 radical (unpaired) electrons. The van der Waals surface area contributed by atoms with Crippen molar-refractivity contribution in [3.63, 3.8) is 0 Å². The molecule has 1 atom stereocenters. The van der Waals surface area contributed by atoms with E-state index in [1.807, 2.05) is 37.4 Å². The highest BCUT2D eigenvalue weighted by molar-refractivity contribution is 8.04. The van der Waals surface area contributed by atoms with Crippen LogP contribution in [0.25, 0.3) is 0 Å². The molecular formula is C16H23N3O2S. The van der Waals surface area contributed by atoms with E-state index in [0.29, 0.717) is 24.7 Å². The molecule has 3 rings (SSSR count). The number of nitrogens with zero attached hydrogens (tertiary/aromatic N) is 3. The van der Waals surface area contributed by atoms with Gasteiger partial charge in [0.2, 0.25) is 0 Å². The van der Waals surface area contributed by atoms with Gasteiger partial charge in [0.15, 0.2) is 5.04 Å².